The van der Waals surface area contributed by atoms with Crippen LogP contribution in [0.1, 0.15) is 220 Å². The highest BCUT2D eigenvalue weighted by atomic mass is 31.1. The van der Waals surface area contributed by atoms with Gasteiger partial charge in [-0.15, -0.1) is 0 Å². The summed E-state index contributed by atoms with van der Waals surface area (Å²) in [5.74, 6) is 11.6. The Balaban J connectivity index is 0.000000184. The topological polar surface area (TPSA) is 343 Å². The number of amides is 7. The zero-order valence-electron chi connectivity index (χ0n) is 85.9. The smallest absolute Gasteiger partial charge is 0.326 e. The van der Waals surface area contributed by atoms with E-state index in [0.29, 0.717) is 122 Å². The van der Waals surface area contributed by atoms with Crippen molar-refractivity contribution in [1.82, 2.24) is 73.4 Å². The van der Waals surface area contributed by atoms with Crippen molar-refractivity contribution in [1.29, 1.82) is 10.5 Å². The van der Waals surface area contributed by atoms with E-state index in [2.05, 4.69) is 102 Å². The zero-order valence-corrected chi connectivity index (χ0v) is 91.9. The Bertz CT molecular complexity index is 3930. The van der Waals surface area contributed by atoms with Crippen molar-refractivity contribution >= 4 is 106 Å². The average molecular weight is 1940 g/mol. The number of fused-ring (bicyclic) bond motifs is 8. The van der Waals surface area contributed by atoms with Gasteiger partial charge in [0.15, 0.2) is 0 Å². The maximum atomic E-state index is 12.8. The van der Waals surface area contributed by atoms with Gasteiger partial charge in [0, 0.05) is 70.5 Å². The average Bonchev–Trinajstić information content (AvgIpc) is 1.63. The SMILES string of the molecule is CC1CC2CC2CN1.CNC(C)(C)C(=O)N1CC2CC2CC1C#N.CNC(C)(C)C(=O)N1CCC2CC2C1.CPN(C)C(C)(C)C(=O)N1CC2CC2CC1C.CPN(C)C(C)(C)C(=O)N1CC2CC2CC1C#N.CPN(C)C(C)(C)C(=O)N1CC2CC2CC1C(=O)O.CPN(C)C(C)(C)C(=O)N1CC2CC2CC1C(N)=O.CPN(C)C(C)(C)C(=O)O.CPN1CC2CC2CC1C. The molecule has 16 rings (SSSR count). The number of carbonyl (C=O) groups is 9. The lowest BCUT2D eigenvalue weighted by Crippen LogP contribution is -2.59. The summed E-state index contributed by atoms with van der Waals surface area (Å²) in [5.41, 5.74) is 1.70. The number of aliphatic carboxylic acids is 2. The van der Waals surface area contributed by atoms with Crippen LogP contribution in [0.15, 0.2) is 0 Å². The van der Waals surface area contributed by atoms with Gasteiger partial charge in [0.1, 0.15) is 29.7 Å². The number of likely N-dealkylation sites (N-methyl/N-ethyl adjacent to an activating group) is 7. The van der Waals surface area contributed by atoms with E-state index >= 15 is 0 Å². The number of nitrogens with one attached hydrogen (secondary N) is 3. The van der Waals surface area contributed by atoms with Crippen LogP contribution in [0.2, 0.25) is 0 Å². The van der Waals surface area contributed by atoms with Crippen LogP contribution in [-0.4, -0.2) is 350 Å². The molecule has 8 aliphatic heterocycles. The molecule has 35 heteroatoms. The van der Waals surface area contributed by atoms with Crippen molar-refractivity contribution < 1.29 is 53.4 Å². The first-order valence-corrected chi connectivity index (χ1v) is 57.7. The second kappa shape index (κ2) is 46.7. The van der Waals surface area contributed by atoms with Crippen LogP contribution in [0.3, 0.4) is 0 Å². The highest BCUT2D eigenvalue weighted by Gasteiger charge is 2.57. The molecule has 0 spiro atoms. The van der Waals surface area contributed by atoms with E-state index in [0.717, 1.165) is 133 Å². The molecule has 29 atom stereocenters. The van der Waals surface area contributed by atoms with Crippen molar-refractivity contribution in [2.75, 3.05) is 148 Å². The molecule has 0 aromatic heterocycles. The monoisotopic (exact) mass is 1940 g/mol. The number of primary amides is 1. The minimum Gasteiger partial charge on any atom is -0.480 e. The van der Waals surface area contributed by atoms with Crippen LogP contribution < -0.4 is 21.7 Å². The van der Waals surface area contributed by atoms with Crippen LogP contribution in [-0.2, 0) is 43.2 Å². The Hall–Kier alpha value is -3.57. The molecule has 7 amide bonds. The maximum Gasteiger partial charge on any atom is 0.326 e. The number of rotatable bonds is 22. The standard InChI is InChI=1S/C13H24N3O2P.C13H22N3OP.C13H23N2O3P.C13H25N2OP.C12H19N3O.C11H20N2O.C8H16NP.C7H13N.C6H14NO2P/c1-13(2,15(3)19-4)12(18)16-7-9-5-8(9)6-10(16)11(14)17;1-13(2,15(3)18-4)12(17)16-8-10-5-9(10)6-11(16)7-14;1-13(2,14(3)19-4)12(18)15-7-9-5-8(9)6-10(15)11(16)17;1-9-6-10-7-11(10)8-15(9)12(16)13(2,3)14(4)17-5;1-12(2,14-3)11(16)15-7-9-4-8(9)5-10(15)6-13;1-11(2,12-3)10(14)13-5-4-8-6-9(8)7-13;1-6-3-7-4-8(7)5-9(6)10-2;1-5-2-6-3-7(6)4-8-5;1-6(2,5(8)9)7(3)10-4/h8-10,19H,5-7H2,1-4H3,(H2,14,17);9-11,18H,5-6,8H2,1-4H3;8-10,19H,5-7H2,1-4H3,(H,16,17);9-11,17H,6-8H2,1-5H3;8-10,14H,4-5,7H2,1-3H3;8-9,12H,4-7H2,1-3H3;6-8,10H,3-5H2,1-2H3;5-8H,2-4H2,1H3;10H,1-4H3,(H,8,9). The summed E-state index contributed by atoms with van der Waals surface area (Å²) in [6.07, 6.45) is 18.8. The van der Waals surface area contributed by atoms with E-state index in [-0.39, 0.29) is 53.1 Å². The van der Waals surface area contributed by atoms with Crippen molar-refractivity contribution in [2.24, 2.45) is 100 Å². The number of piperidine rings is 8. The summed E-state index contributed by atoms with van der Waals surface area (Å²) >= 11 is 0. The summed E-state index contributed by atoms with van der Waals surface area (Å²) < 4.78 is 12.7. The molecule has 0 bridgehead atoms. The predicted octanol–water partition coefficient (Wildman–Crippen LogP) is 11.3. The van der Waals surface area contributed by atoms with Gasteiger partial charge in [0.05, 0.1) is 45.4 Å². The molecule has 8 aliphatic carbocycles. The van der Waals surface area contributed by atoms with Crippen molar-refractivity contribution in [3.63, 3.8) is 0 Å². The second-order valence-corrected chi connectivity index (χ2v) is 51.3. The van der Waals surface area contributed by atoms with Gasteiger partial charge in [-0.05, 0) is 411 Å². The normalized spacial score (nSPS) is 32.8. The Kier molecular flexibility index (Phi) is 40.2. The molecule has 8 saturated heterocycles. The predicted molar refractivity (Wildman–Crippen MR) is 540 cm³/mol. The van der Waals surface area contributed by atoms with Crippen LogP contribution >= 0.6 is 52.4 Å². The number of carbonyl (C=O) groups excluding carboxylic acids is 7. The molecule has 0 aromatic carbocycles. The van der Waals surface area contributed by atoms with E-state index in [9.17, 15) is 53.5 Å². The van der Waals surface area contributed by atoms with Gasteiger partial charge in [-0.2, -0.15) is 10.5 Å². The lowest BCUT2D eigenvalue weighted by molar-refractivity contribution is -0.156. The largest absolute Gasteiger partial charge is 0.480 e. The molecule has 746 valence electrons. The first-order chi connectivity index (χ1) is 61.0. The number of hydrogen-bond donors (Lipinski definition) is 6. The molecule has 131 heavy (non-hydrogen) atoms. The minimum absolute atomic E-state index is 0.0264. The third-order valence-corrected chi connectivity index (χ3v) is 40.7. The Morgan fingerprint density at radius 2 is 0.687 bits per heavy atom. The lowest BCUT2D eigenvalue weighted by atomic mass is 9.96. The summed E-state index contributed by atoms with van der Waals surface area (Å²) in [6, 6.07) is 5.21. The Morgan fingerprint density at radius 1 is 0.374 bits per heavy atom. The van der Waals surface area contributed by atoms with Gasteiger partial charge in [0.25, 0.3) is 0 Å². The zero-order chi connectivity index (χ0) is 98.4. The van der Waals surface area contributed by atoms with E-state index in [4.69, 9.17) is 16.1 Å². The summed E-state index contributed by atoms with van der Waals surface area (Å²) in [5, 5.41) is 46.0. The first kappa shape index (κ1) is 113. The summed E-state index contributed by atoms with van der Waals surface area (Å²) in [7, 11) is 17.2. The van der Waals surface area contributed by atoms with E-state index in [1.807, 2.05) is 155 Å². The quantitative estimate of drug-likeness (QED) is 0.0548. The number of nitrogens with zero attached hydrogens (tertiary/aromatic N) is 14. The molecule has 29 unspecified atom stereocenters. The van der Waals surface area contributed by atoms with E-state index in [1.165, 1.54) is 77.3 Å². The fourth-order valence-electron chi connectivity index (χ4n) is 20.3. The minimum atomic E-state index is -0.865. The first-order valence-electron chi connectivity index (χ1n) is 49.0. The van der Waals surface area contributed by atoms with Crippen LogP contribution in [0.5, 0.6) is 0 Å². The molecule has 29 nitrogen and oxygen atoms in total. The molecular formula is C96H176N18O11P6. The van der Waals surface area contributed by atoms with Gasteiger partial charge in [0.2, 0.25) is 41.4 Å². The number of hydrogen-bond acceptors (Lipinski definition) is 20. The molecule has 7 N–H and O–H groups in total. The van der Waals surface area contributed by atoms with Gasteiger partial charge < -0.3 is 61.3 Å². The molecule has 8 saturated carbocycles. The van der Waals surface area contributed by atoms with Crippen molar-refractivity contribution in [3.05, 3.63) is 0 Å². The van der Waals surface area contributed by atoms with Gasteiger partial charge in [-0.1, -0.05) is 52.4 Å². The molecule has 8 heterocycles. The van der Waals surface area contributed by atoms with Gasteiger partial charge in [-0.25, -0.2) is 4.79 Å². The van der Waals surface area contributed by atoms with Crippen LogP contribution in [0.25, 0.3) is 0 Å². The molecular weight excluding hydrogens is 1770 g/mol. The third-order valence-electron chi connectivity index (χ3n) is 33.3. The summed E-state index contributed by atoms with van der Waals surface area (Å²) in [4.78, 5) is 120. The fraction of sp³-hybridized carbons (Fsp3) is 0.885. The van der Waals surface area contributed by atoms with Gasteiger partial charge in [-0.3, -0.25) is 66.4 Å². The number of carboxylic acids is 2. The molecule has 16 aliphatic rings. The Labute approximate surface area is 800 Å². The number of likely N-dealkylation sites (tertiary alicyclic amines) is 6. The van der Waals surface area contributed by atoms with Crippen molar-refractivity contribution in [2.45, 2.75) is 302 Å². The number of nitrogens with two attached hydrogens (primary N) is 1. The van der Waals surface area contributed by atoms with Crippen LogP contribution in [0.4, 0.5) is 0 Å². The molecule has 0 radical (unpaired) electrons. The maximum absolute atomic E-state index is 12.8. The van der Waals surface area contributed by atoms with E-state index < -0.39 is 57.3 Å². The molecule has 0 aromatic rings. The number of carboxylic acid groups (broad SMARTS) is 2. The van der Waals surface area contributed by atoms with E-state index in [1.54, 1.807) is 35.6 Å². The summed E-state index contributed by atoms with van der Waals surface area (Å²) in [6.45, 7) is 54.6. The number of nitriles is 2. The third kappa shape index (κ3) is 28.9. The molecule has 16 fully saturated rings. The van der Waals surface area contributed by atoms with Gasteiger partial charge >= 0.3 is 11.9 Å². The highest BCUT2D eigenvalue weighted by Crippen LogP contribution is 2.54. The lowest BCUT2D eigenvalue weighted by Gasteiger charge is -2.42. The van der Waals surface area contributed by atoms with Crippen LogP contribution in [0, 0.1) is 117 Å². The second-order valence-electron chi connectivity index (χ2n) is 44.7. The highest BCUT2D eigenvalue weighted by molar-refractivity contribution is 7.35. The fourth-order valence-corrected chi connectivity index (χ4v) is 24.6. The van der Waals surface area contributed by atoms with Crippen molar-refractivity contribution in [3.8, 4) is 12.1 Å². The Morgan fingerprint density at radius 3 is 1.05 bits per heavy atom.